The lowest BCUT2D eigenvalue weighted by atomic mass is 10.3. The standard InChI is InChI=1S/C14H7Cl2F3N2O/c15-7-1-3-8(4-2-7)22-12-6-11-10(5-9(12)16)20-13(21-11)14(17,18)19/h1-6H,(H,20,21). The fourth-order valence-electron chi connectivity index (χ4n) is 1.85. The summed E-state index contributed by atoms with van der Waals surface area (Å²) >= 11 is 11.8. The highest BCUT2D eigenvalue weighted by Gasteiger charge is 2.34. The number of benzene rings is 2. The summed E-state index contributed by atoms with van der Waals surface area (Å²) in [6.45, 7) is 0. The number of rotatable bonds is 2. The smallest absolute Gasteiger partial charge is 0.449 e. The minimum absolute atomic E-state index is 0.112. The van der Waals surface area contributed by atoms with Crippen LogP contribution in [-0.4, -0.2) is 9.97 Å². The molecule has 0 saturated carbocycles. The SMILES string of the molecule is FC(F)(F)c1nc2cc(Oc3ccc(Cl)cc3)c(Cl)cc2[nH]1. The van der Waals surface area contributed by atoms with Crippen LogP contribution in [0.15, 0.2) is 36.4 Å². The molecular formula is C14H7Cl2F3N2O. The van der Waals surface area contributed by atoms with E-state index >= 15 is 0 Å². The molecule has 0 saturated heterocycles. The van der Waals surface area contributed by atoms with E-state index in [2.05, 4.69) is 9.97 Å². The third-order valence-corrected chi connectivity index (χ3v) is 3.39. The number of halogens is 5. The van der Waals surface area contributed by atoms with E-state index < -0.39 is 12.0 Å². The van der Waals surface area contributed by atoms with E-state index in [0.29, 0.717) is 10.8 Å². The topological polar surface area (TPSA) is 37.9 Å². The van der Waals surface area contributed by atoms with Crippen molar-refractivity contribution < 1.29 is 17.9 Å². The number of imidazole rings is 1. The van der Waals surface area contributed by atoms with Crippen LogP contribution < -0.4 is 4.74 Å². The fraction of sp³-hybridized carbons (Fsp3) is 0.0714. The summed E-state index contributed by atoms with van der Waals surface area (Å²) in [6.07, 6.45) is -4.55. The number of nitrogens with one attached hydrogen (secondary N) is 1. The second-order valence-electron chi connectivity index (χ2n) is 4.44. The van der Waals surface area contributed by atoms with E-state index in [0.717, 1.165) is 0 Å². The highest BCUT2D eigenvalue weighted by atomic mass is 35.5. The number of aromatic amines is 1. The van der Waals surface area contributed by atoms with Gasteiger partial charge in [-0.25, -0.2) is 4.98 Å². The highest BCUT2D eigenvalue weighted by molar-refractivity contribution is 6.32. The number of H-pyrrole nitrogens is 1. The lowest BCUT2D eigenvalue weighted by Gasteiger charge is -2.07. The zero-order chi connectivity index (χ0) is 15.9. The second-order valence-corrected chi connectivity index (χ2v) is 5.28. The summed E-state index contributed by atoms with van der Waals surface area (Å²) in [5, 5.41) is 0.704. The molecule has 1 N–H and O–H groups in total. The molecule has 2 aromatic carbocycles. The molecule has 22 heavy (non-hydrogen) atoms. The van der Waals surface area contributed by atoms with E-state index in [1.54, 1.807) is 24.3 Å². The van der Waals surface area contributed by atoms with Crippen molar-refractivity contribution in [3.05, 3.63) is 52.3 Å². The molecule has 1 aromatic heterocycles. The summed E-state index contributed by atoms with van der Waals surface area (Å²) in [6, 6.07) is 9.17. The van der Waals surface area contributed by atoms with Gasteiger partial charge in [0, 0.05) is 11.1 Å². The minimum Gasteiger partial charge on any atom is -0.456 e. The molecule has 0 amide bonds. The molecule has 0 aliphatic rings. The molecule has 0 radical (unpaired) electrons. The van der Waals surface area contributed by atoms with Gasteiger partial charge in [-0.3, -0.25) is 0 Å². The number of hydrogen-bond acceptors (Lipinski definition) is 2. The normalized spacial score (nSPS) is 11.9. The van der Waals surface area contributed by atoms with Gasteiger partial charge in [-0.2, -0.15) is 13.2 Å². The summed E-state index contributed by atoms with van der Waals surface area (Å²) in [4.78, 5) is 5.68. The average molecular weight is 347 g/mol. The molecule has 0 fully saturated rings. The maximum absolute atomic E-state index is 12.6. The van der Waals surface area contributed by atoms with Gasteiger partial charge in [-0.1, -0.05) is 23.2 Å². The van der Waals surface area contributed by atoms with Crippen molar-refractivity contribution in [2.45, 2.75) is 6.18 Å². The van der Waals surface area contributed by atoms with Crippen LogP contribution in [0.5, 0.6) is 11.5 Å². The molecule has 3 aromatic rings. The Hall–Kier alpha value is -1.92. The predicted octanol–water partition coefficient (Wildman–Crippen LogP) is 5.68. The van der Waals surface area contributed by atoms with Crippen molar-refractivity contribution in [2.75, 3.05) is 0 Å². The van der Waals surface area contributed by atoms with Gasteiger partial charge in [-0.05, 0) is 30.3 Å². The minimum atomic E-state index is -4.55. The summed E-state index contributed by atoms with van der Waals surface area (Å²) in [7, 11) is 0. The maximum Gasteiger partial charge on any atom is 0.449 e. The number of alkyl halides is 3. The van der Waals surface area contributed by atoms with Crippen molar-refractivity contribution in [3.63, 3.8) is 0 Å². The van der Waals surface area contributed by atoms with Crippen molar-refractivity contribution in [1.29, 1.82) is 0 Å². The van der Waals surface area contributed by atoms with Crippen LogP contribution in [0.25, 0.3) is 11.0 Å². The largest absolute Gasteiger partial charge is 0.456 e. The first-order chi connectivity index (χ1) is 10.3. The van der Waals surface area contributed by atoms with E-state index in [4.69, 9.17) is 27.9 Å². The number of hydrogen-bond donors (Lipinski definition) is 1. The summed E-state index contributed by atoms with van der Waals surface area (Å²) in [5.74, 6) is -0.420. The quantitative estimate of drug-likeness (QED) is 0.648. The van der Waals surface area contributed by atoms with Gasteiger partial charge in [-0.15, -0.1) is 0 Å². The average Bonchev–Trinajstić information content (AvgIpc) is 2.84. The van der Waals surface area contributed by atoms with Crippen LogP contribution in [0.1, 0.15) is 5.82 Å². The van der Waals surface area contributed by atoms with Crippen LogP contribution in [-0.2, 0) is 6.18 Å². The predicted molar refractivity (Wildman–Crippen MR) is 77.6 cm³/mol. The lowest BCUT2D eigenvalue weighted by molar-refractivity contribution is -0.144. The molecule has 8 heteroatoms. The molecular weight excluding hydrogens is 340 g/mol. The third kappa shape index (κ3) is 2.98. The third-order valence-electron chi connectivity index (χ3n) is 2.85. The molecule has 0 bridgehead atoms. The van der Waals surface area contributed by atoms with E-state index in [9.17, 15) is 13.2 Å². The van der Waals surface area contributed by atoms with Gasteiger partial charge >= 0.3 is 6.18 Å². The lowest BCUT2D eigenvalue weighted by Crippen LogP contribution is -2.06. The molecule has 1 heterocycles. The Morgan fingerprint density at radius 1 is 1.05 bits per heavy atom. The van der Waals surface area contributed by atoms with Gasteiger partial charge in [0.15, 0.2) is 0 Å². The molecule has 0 aliphatic carbocycles. The van der Waals surface area contributed by atoms with Crippen LogP contribution in [0.2, 0.25) is 10.0 Å². The van der Waals surface area contributed by atoms with Gasteiger partial charge in [0.2, 0.25) is 5.82 Å². The Morgan fingerprint density at radius 3 is 2.36 bits per heavy atom. The molecule has 114 valence electrons. The Morgan fingerprint density at radius 2 is 1.73 bits per heavy atom. The van der Waals surface area contributed by atoms with Gasteiger partial charge in [0.05, 0.1) is 16.1 Å². The molecule has 0 atom stereocenters. The van der Waals surface area contributed by atoms with Crippen LogP contribution in [0.4, 0.5) is 13.2 Å². The molecule has 0 unspecified atom stereocenters. The number of aromatic nitrogens is 2. The Labute approximate surface area is 132 Å². The van der Waals surface area contributed by atoms with Gasteiger partial charge in [0.25, 0.3) is 0 Å². The highest BCUT2D eigenvalue weighted by Crippen LogP contribution is 2.35. The second kappa shape index (κ2) is 5.37. The Kier molecular flexibility index (Phi) is 3.66. The van der Waals surface area contributed by atoms with Crippen LogP contribution in [0.3, 0.4) is 0 Å². The number of fused-ring (bicyclic) bond motifs is 1. The number of ether oxygens (including phenoxy) is 1. The molecule has 0 spiro atoms. The molecule has 3 rings (SSSR count). The van der Waals surface area contributed by atoms with Gasteiger partial charge < -0.3 is 9.72 Å². The van der Waals surface area contributed by atoms with E-state index in [1.165, 1.54) is 12.1 Å². The van der Waals surface area contributed by atoms with E-state index in [1.807, 2.05) is 0 Å². The zero-order valence-electron chi connectivity index (χ0n) is 10.7. The van der Waals surface area contributed by atoms with Crippen molar-refractivity contribution in [2.24, 2.45) is 0 Å². The number of nitrogens with zero attached hydrogens (tertiary/aromatic N) is 1. The van der Waals surface area contributed by atoms with Crippen molar-refractivity contribution in [3.8, 4) is 11.5 Å². The summed E-state index contributed by atoms with van der Waals surface area (Å²) in [5.41, 5.74) is 0.293. The maximum atomic E-state index is 12.6. The molecule has 3 nitrogen and oxygen atoms in total. The van der Waals surface area contributed by atoms with Crippen molar-refractivity contribution in [1.82, 2.24) is 9.97 Å². The monoisotopic (exact) mass is 346 g/mol. The first-order valence-electron chi connectivity index (χ1n) is 6.03. The van der Waals surface area contributed by atoms with Gasteiger partial charge in [0.1, 0.15) is 11.5 Å². The Bertz CT molecular complexity index is 828. The zero-order valence-corrected chi connectivity index (χ0v) is 12.2. The first kappa shape index (κ1) is 15.0. The van der Waals surface area contributed by atoms with E-state index in [-0.39, 0.29) is 21.8 Å². The first-order valence-corrected chi connectivity index (χ1v) is 6.78. The Balaban J connectivity index is 1.99. The fourth-order valence-corrected chi connectivity index (χ4v) is 2.18. The van der Waals surface area contributed by atoms with Crippen LogP contribution >= 0.6 is 23.2 Å². The molecule has 0 aliphatic heterocycles. The summed E-state index contributed by atoms with van der Waals surface area (Å²) < 4.78 is 43.5. The van der Waals surface area contributed by atoms with Crippen LogP contribution in [0, 0.1) is 0 Å². The van der Waals surface area contributed by atoms with Crippen molar-refractivity contribution >= 4 is 34.2 Å².